The van der Waals surface area contributed by atoms with Crippen molar-refractivity contribution in [3.05, 3.63) is 42.0 Å². The van der Waals surface area contributed by atoms with Crippen LogP contribution in [0.25, 0.3) is 0 Å². The highest BCUT2D eigenvalue weighted by Gasteiger charge is 2.17. The van der Waals surface area contributed by atoms with Gasteiger partial charge in [-0.1, -0.05) is 29.8 Å². The first-order valence-corrected chi connectivity index (χ1v) is 8.48. The first-order valence-electron chi connectivity index (χ1n) is 8.48. The van der Waals surface area contributed by atoms with Crippen LogP contribution in [0.5, 0.6) is 5.75 Å². The van der Waals surface area contributed by atoms with E-state index in [9.17, 15) is 9.59 Å². The van der Waals surface area contributed by atoms with E-state index in [-0.39, 0.29) is 12.5 Å². The van der Waals surface area contributed by atoms with Crippen molar-refractivity contribution in [3.8, 4) is 5.75 Å². The van der Waals surface area contributed by atoms with Gasteiger partial charge >= 0.3 is 5.97 Å². The largest absolute Gasteiger partial charge is 0.482 e. The average molecular weight is 331 g/mol. The lowest BCUT2D eigenvalue weighted by molar-refractivity contribution is -0.156. The Hall–Kier alpha value is -2.30. The van der Waals surface area contributed by atoms with E-state index >= 15 is 0 Å². The van der Waals surface area contributed by atoms with Gasteiger partial charge in [-0.15, -0.1) is 0 Å². The van der Waals surface area contributed by atoms with Gasteiger partial charge in [0.25, 0.3) is 5.91 Å². The number of hydrogen-bond donors (Lipinski definition) is 1. The van der Waals surface area contributed by atoms with E-state index in [0.29, 0.717) is 12.3 Å². The molecule has 0 heterocycles. The molecule has 1 aromatic carbocycles. The van der Waals surface area contributed by atoms with Crippen LogP contribution in [0.4, 0.5) is 0 Å². The van der Waals surface area contributed by atoms with E-state index in [1.807, 2.05) is 18.2 Å². The van der Waals surface area contributed by atoms with Crippen molar-refractivity contribution in [2.75, 3.05) is 13.2 Å². The number of nitrogens with one attached hydrogen (secondary N) is 1. The molecule has 1 aliphatic carbocycles. The Balaban J connectivity index is 1.63. The summed E-state index contributed by atoms with van der Waals surface area (Å²) in [6, 6.07) is 9.00. The summed E-state index contributed by atoms with van der Waals surface area (Å²) in [5, 5.41) is 2.81. The topological polar surface area (TPSA) is 64.6 Å². The lowest BCUT2D eigenvalue weighted by Crippen LogP contribution is -2.37. The Kier molecular flexibility index (Phi) is 7.33. The highest BCUT2D eigenvalue weighted by molar-refractivity contribution is 5.83. The van der Waals surface area contributed by atoms with Crippen molar-refractivity contribution in [1.29, 1.82) is 0 Å². The molecule has 0 bridgehead atoms. The second kappa shape index (κ2) is 9.75. The molecule has 0 unspecified atom stereocenters. The molecule has 24 heavy (non-hydrogen) atoms. The van der Waals surface area contributed by atoms with Gasteiger partial charge in [-0.2, -0.15) is 0 Å². The van der Waals surface area contributed by atoms with Crippen molar-refractivity contribution >= 4 is 11.9 Å². The van der Waals surface area contributed by atoms with Gasteiger partial charge in [-0.05, 0) is 51.2 Å². The molecule has 0 saturated heterocycles. The minimum absolute atomic E-state index is 0.214. The van der Waals surface area contributed by atoms with E-state index in [1.165, 1.54) is 18.4 Å². The lowest BCUT2D eigenvalue weighted by atomic mass is 9.97. The Bertz CT molecular complexity index is 568. The molecule has 1 atom stereocenters. The van der Waals surface area contributed by atoms with E-state index in [4.69, 9.17) is 9.47 Å². The second-order valence-corrected chi connectivity index (χ2v) is 5.88. The van der Waals surface area contributed by atoms with Crippen LogP contribution in [0.1, 0.15) is 39.0 Å². The van der Waals surface area contributed by atoms with Crippen LogP contribution in [0.2, 0.25) is 0 Å². The summed E-state index contributed by atoms with van der Waals surface area (Å²) in [5.41, 5.74) is 1.41. The van der Waals surface area contributed by atoms with Crippen LogP contribution in [0, 0.1) is 0 Å². The van der Waals surface area contributed by atoms with Crippen LogP contribution in [-0.2, 0) is 14.3 Å². The molecule has 0 radical (unpaired) electrons. The number of ether oxygens (including phenoxy) is 2. The van der Waals surface area contributed by atoms with Gasteiger partial charge in [0.1, 0.15) is 5.75 Å². The summed E-state index contributed by atoms with van der Waals surface area (Å²) in [7, 11) is 0. The van der Waals surface area contributed by atoms with Crippen LogP contribution >= 0.6 is 0 Å². The van der Waals surface area contributed by atoms with Crippen LogP contribution in [0.3, 0.4) is 0 Å². The summed E-state index contributed by atoms with van der Waals surface area (Å²) < 4.78 is 10.4. The predicted octanol–water partition coefficient (Wildman–Crippen LogP) is 3.00. The van der Waals surface area contributed by atoms with Crippen LogP contribution in [-0.4, -0.2) is 31.1 Å². The van der Waals surface area contributed by atoms with E-state index in [0.717, 1.165) is 19.3 Å². The molecule has 2 rings (SSSR count). The highest BCUT2D eigenvalue weighted by atomic mass is 16.6. The third-order valence-corrected chi connectivity index (χ3v) is 3.91. The minimum atomic E-state index is -0.822. The number of benzene rings is 1. The molecular weight excluding hydrogens is 306 g/mol. The number of amides is 1. The minimum Gasteiger partial charge on any atom is -0.482 e. The molecule has 0 aromatic heterocycles. The summed E-state index contributed by atoms with van der Waals surface area (Å²) in [6.07, 6.45) is 7.06. The van der Waals surface area contributed by atoms with Gasteiger partial charge in [0, 0.05) is 6.54 Å². The monoisotopic (exact) mass is 331 g/mol. The number of esters is 1. The highest BCUT2D eigenvalue weighted by Crippen LogP contribution is 2.19. The lowest BCUT2D eigenvalue weighted by Gasteiger charge is -2.15. The fourth-order valence-electron chi connectivity index (χ4n) is 2.57. The number of allylic oxidation sites excluding steroid dienone is 1. The van der Waals surface area contributed by atoms with Crippen LogP contribution in [0.15, 0.2) is 42.0 Å². The summed E-state index contributed by atoms with van der Waals surface area (Å²) in [5.74, 6) is -0.247. The SMILES string of the molecule is C[C@@H](OC(=O)COc1ccccc1)C(=O)NCCC1=CCCCC1. The zero-order valence-electron chi connectivity index (χ0n) is 14.1. The fraction of sp³-hybridized carbons (Fsp3) is 0.474. The molecule has 130 valence electrons. The first kappa shape index (κ1) is 18.0. The summed E-state index contributed by atoms with van der Waals surface area (Å²) in [6.45, 7) is 1.93. The summed E-state index contributed by atoms with van der Waals surface area (Å²) in [4.78, 5) is 23.7. The van der Waals surface area contributed by atoms with Crippen molar-refractivity contribution in [3.63, 3.8) is 0 Å². The number of para-hydroxylation sites is 1. The number of carbonyl (C=O) groups is 2. The molecular formula is C19H25NO4. The van der Waals surface area contributed by atoms with E-state index in [2.05, 4.69) is 11.4 Å². The van der Waals surface area contributed by atoms with Crippen molar-refractivity contribution < 1.29 is 19.1 Å². The Morgan fingerprint density at radius 3 is 2.71 bits per heavy atom. The predicted molar refractivity (Wildman–Crippen MR) is 91.7 cm³/mol. The number of rotatable bonds is 8. The van der Waals surface area contributed by atoms with Gasteiger partial charge < -0.3 is 14.8 Å². The average Bonchev–Trinajstić information content (AvgIpc) is 2.61. The molecule has 1 aliphatic rings. The zero-order valence-corrected chi connectivity index (χ0v) is 14.1. The van der Waals surface area contributed by atoms with E-state index in [1.54, 1.807) is 19.1 Å². The molecule has 0 spiro atoms. The molecule has 0 saturated carbocycles. The molecule has 0 aliphatic heterocycles. The normalized spacial score (nSPS) is 15.1. The molecule has 1 aromatic rings. The molecule has 1 amide bonds. The summed E-state index contributed by atoms with van der Waals surface area (Å²) >= 11 is 0. The van der Waals surface area contributed by atoms with Gasteiger partial charge in [0.15, 0.2) is 12.7 Å². The smallest absolute Gasteiger partial charge is 0.344 e. The maximum atomic E-state index is 11.9. The van der Waals surface area contributed by atoms with Gasteiger partial charge in [0.05, 0.1) is 0 Å². The molecule has 1 N–H and O–H groups in total. The molecule has 5 heteroatoms. The fourth-order valence-corrected chi connectivity index (χ4v) is 2.57. The van der Waals surface area contributed by atoms with Gasteiger partial charge in [-0.25, -0.2) is 4.79 Å². The molecule has 5 nitrogen and oxygen atoms in total. The number of carbonyl (C=O) groups excluding carboxylic acids is 2. The molecule has 0 fully saturated rings. The van der Waals surface area contributed by atoms with E-state index < -0.39 is 12.1 Å². The third-order valence-electron chi connectivity index (χ3n) is 3.91. The third kappa shape index (κ3) is 6.44. The van der Waals surface area contributed by atoms with Gasteiger partial charge in [0.2, 0.25) is 0 Å². The standard InChI is InChI=1S/C19H25NO4/c1-15(19(22)20-13-12-16-8-4-2-5-9-16)24-18(21)14-23-17-10-6-3-7-11-17/h3,6-8,10-11,15H,2,4-5,9,12-14H2,1H3,(H,20,22)/t15-/m1/s1. The first-order chi connectivity index (χ1) is 11.6. The van der Waals surface area contributed by atoms with Crippen molar-refractivity contribution in [1.82, 2.24) is 5.32 Å². The number of hydrogen-bond acceptors (Lipinski definition) is 4. The maximum Gasteiger partial charge on any atom is 0.344 e. The maximum absolute atomic E-state index is 11.9. The zero-order chi connectivity index (χ0) is 17.2. The Labute approximate surface area is 143 Å². The van der Waals surface area contributed by atoms with Crippen LogP contribution < -0.4 is 10.1 Å². The Morgan fingerprint density at radius 1 is 1.21 bits per heavy atom. The Morgan fingerprint density at radius 2 is 2.00 bits per heavy atom. The second-order valence-electron chi connectivity index (χ2n) is 5.88. The van der Waals surface area contributed by atoms with Crippen molar-refractivity contribution in [2.24, 2.45) is 0 Å². The quantitative estimate of drug-likeness (QED) is 0.587. The van der Waals surface area contributed by atoms with Gasteiger partial charge in [-0.3, -0.25) is 4.79 Å². The van der Waals surface area contributed by atoms with Crippen molar-refractivity contribution in [2.45, 2.75) is 45.1 Å².